The van der Waals surface area contributed by atoms with Gasteiger partial charge in [0.2, 0.25) is 0 Å². The lowest BCUT2D eigenvalue weighted by molar-refractivity contribution is 0.0746. The van der Waals surface area contributed by atoms with Gasteiger partial charge in [-0.2, -0.15) is 0 Å². The smallest absolute Gasteiger partial charge is 0.196 e. The van der Waals surface area contributed by atoms with Crippen LogP contribution in [0.25, 0.3) is 0 Å². The van der Waals surface area contributed by atoms with Crippen LogP contribution >= 0.6 is 0 Å². The molecule has 0 aliphatic heterocycles. The van der Waals surface area contributed by atoms with E-state index in [0.717, 1.165) is 27.8 Å². The Bertz CT molecular complexity index is 1220. The van der Waals surface area contributed by atoms with Crippen LogP contribution in [0.5, 0.6) is 0 Å². The highest BCUT2D eigenvalue weighted by Crippen LogP contribution is 2.26. The Morgan fingerprint density at radius 1 is 0.618 bits per heavy atom. The van der Waals surface area contributed by atoms with Crippen molar-refractivity contribution in [3.63, 3.8) is 0 Å². The summed E-state index contributed by atoms with van der Waals surface area (Å²) >= 11 is 0. The number of hydrogen-bond donors (Lipinski definition) is 1. The third-order valence-corrected chi connectivity index (χ3v) is 6.18. The van der Waals surface area contributed by atoms with Crippen molar-refractivity contribution in [1.82, 2.24) is 0 Å². The summed E-state index contributed by atoms with van der Waals surface area (Å²) in [4.78, 5) is 24.4. The normalized spacial score (nSPS) is 11.2. The average Bonchev–Trinajstić information content (AvgIpc) is 2.90. The van der Waals surface area contributed by atoms with Gasteiger partial charge in [-0.15, -0.1) is 0 Å². The van der Waals surface area contributed by atoms with Gasteiger partial charge >= 0.3 is 0 Å². The summed E-state index contributed by atoms with van der Waals surface area (Å²) in [5.74, 6) is -0.161. The molecule has 0 aliphatic rings. The van der Waals surface area contributed by atoms with Gasteiger partial charge in [0.1, 0.15) is 6.10 Å². The molecule has 0 saturated heterocycles. The first kappa shape index (κ1) is 24.8. The van der Waals surface area contributed by atoms with Gasteiger partial charge in [-0.05, 0) is 61.6 Å². The molecule has 3 nitrogen and oxygen atoms in total. The van der Waals surface area contributed by atoms with Gasteiger partial charge in [0.15, 0.2) is 11.6 Å². The fourth-order valence-electron chi connectivity index (χ4n) is 3.75. The van der Waals surface area contributed by atoms with Crippen LogP contribution in [0.1, 0.15) is 60.2 Å². The maximum Gasteiger partial charge on any atom is 0.196 e. The number of hydrogen-bond acceptors (Lipinski definition) is 3. The minimum absolute atomic E-state index is 0.0752. The van der Waals surface area contributed by atoms with Crippen LogP contribution in [0.3, 0.4) is 0 Å². The number of aliphatic hydroxyl groups excluding tert-OH is 1. The van der Waals surface area contributed by atoms with E-state index in [4.69, 9.17) is 0 Å². The molecule has 4 aromatic carbocycles. The number of rotatable bonds is 5. The largest absolute Gasteiger partial charge is 0.380 e. The molecule has 0 heterocycles. The van der Waals surface area contributed by atoms with Crippen molar-refractivity contribution in [3.05, 3.63) is 142 Å². The second-order valence-corrected chi connectivity index (χ2v) is 8.35. The summed E-state index contributed by atoms with van der Waals surface area (Å²) in [5.41, 5.74) is 7.07. The predicted octanol–water partition coefficient (Wildman–Crippen LogP) is 6.75. The van der Waals surface area contributed by atoms with Gasteiger partial charge in [-0.1, -0.05) is 91.0 Å². The van der Waals surface area contributed by atoms with Crippen molar-refractivity contribution >= 4 is 11.6 Å². The first-order valence-electron chi connectivity index (χ1n) is 11.3. The molecule has 0 aliphatic carbocycles. The van der Waals surface area contributed by atoms with Crippen LogP contribution in [0.2, 0.25) is 0 Å². The lowest BCUT2D eigenvalue weighted by atomic mass is 9.90. The van der Waals surface area contributed by atoms with Crippen molar-refractivity contribution in [1.29, 1.82) is 0 Å². The average molecular weight is 451 g/mol. The Balaban J connectivity index is 0.000000202. The zero-order valence-corrected chi connectivity index (χ0v) is 20.1. The van der Waals surface area contributed by atoms with Crippen LogP contribution in [-0.4, -0.2) is 16.7 Å². The Morgan fingerprint density at radius 2 is 1.06 bits per heavy atom. The van der Waals surface area contributed by atoms with E-state index in [-0.39, 0.29) is 11.6 Å². The second kappa shape index (κ2) is 11.4. The van der Waals surface area contributed by atoms with Gasteiger partial charge in [0, 0.05) is 16.7 Å². The fraction of sp³-hybridized carbons (Fsp3) is 0.161. The molecule has 0 saturated carbocycles. The molecule has 0 fully saturated rings. The Kier molecular flexibility index (Phi) is 8.29. The van der Waals surface area contributed by atoms with Crippen LogP contribution in [0.4, 0.5) is 0 Å². The molecule has 4 aromatic rings. The van der Waals surface area contributed by atoms with E-state index in [2.05, 4.69) is 6.92 Å². The monoisotopic (exact) mass is 450 g/mol. The first-order chi connectivity index (χ1) is 16.3. The number of ketones is 2. The van der Waals surface area contributed by atoms with Crippen molar-refractivity contribution < 1.29 is 14.7 Å². The summed E-state index contributed by atoms with van der Waals surface area (Å²) in [6, 6.07) is 29.5. The molecule has 0 amide bonds. The molecule has 172 valence electrons. The van der Waals surface area contributed by atoms with E-state index in [0.29, 0.717) is 11.1 Å². The van der Waals surface area contributed by atoms with Gasteiger partial charge in [0.25, 0.3) is 0 Å². The molecular weight excluding hydrogens is 420 g/mol. The van der Waals surface area contributed by atoms with Crippen LogP contribution in [0, 0.1) is 27.7 Å². The van der Waals surface area contributed by atoms with Crippen LogP contribution in [-0.2, 0) is 0 Å². The second-order valence-electron chi connectivity index (χ2n) is 8.35. The van der Waals surface area contributed by atoms with E-state index in [1.54, 1.807) is 12.1 Å². The van der Waals surface area contributed by atoms with Gasteiger partial charge in [-0.25, -0.2) is 0 Å². The Morgan fingerprint density at radius 3 is 1.53 bits per heavy atom. The third kappa shape index (κ3) is 5.75. The first-order valence-corrected chi connectivity index (χ1v) is 11.3. The molecule has 0 bridgehead atoms. The molecular formula is C31H30O3. The standard InChI is InChI=1S/C18H20O2.C13H10O/c1-11-10-16(14(4)13(3)12(11)2)18(20)17(19)15-8-6-5-7-9-15;14-13(11-7-3-1-4-8-11)12-9-5-2-6-10-12/h5-10,17,19H,1-4H3;1-10H. The molecule has 0 aromatic heterocycles. The predicted molar refractivity (Wildman–Crippen MR) is 137 cm³/mol. The van der Waals surface area contributed by atoms with Crippen LogP contribution in [0.15, 0.2) is 97.1 Å². The highest BCUT2D eigenvalue weighted by atomic mass is 16.3. The van der Waals surface area contributed by atoms with Gasteiger partial charge < -0.3 is 5.11 Å². The molecule has 4 rings (SSSR count). The molecule has 1 N–H and O–H groups in total. The van der Waals surface area contributed by atoms with E-state index >= 15 is 0 Å². The van der Waals surface area contributed by atoms with Crippen molar-refractivity contribution in [2.24, 2.45) is 0 Å². The number of aryl methyl sites for hydroxylation is 1. The fourth-order valence-corrected chi connectivity index (χ4v) is 3.75. The van der Waals surface area contributed by atoms with E-state index in [9.17, 15) is 14.7 Å². The lowest BCUT2D eigenvalue weighted by Gasteiger charge is -2.16. The summed E-state index contributed by atoms with van der Waals surface area (Å²) in [5, 5.41) is 10.3. The number of Topliss-reactive ketones (excluding diaryl/α,β-unsaturated/α-hetero) is 1. The highest BCUT2D eigenvalue weighted by Gasteiger charge is 2.22. The quantitative estimate of drug-likeness (QED) is 0.342. The zero-order valence-electron chi connectivity index (χ0n) is 20.1. The number of carbonyl (C=O) groups is 2. The SMILES string of the molecule is Cc1cc(C(=O)C(O)c2ccccc2)c(C)c(C)c1C.O=C(c1ccccc1)c1ccccc1. The number of carbonyl (C=O) groups excluding carboxylic acids is 2. The Hall–Kier alpha value is -3.82. The maximum absolute atomic E-state index is 12.5. The topological polar surface area (TPSA) is 54.4 Å². The minimum atomic E-state index is -1.10. The molecule has 1 atom stereocenters. The number of aliphatic hydroxyl groups is 1. The molecule has 1 unspecified atom stereocenters. The van der Waals surface area contributed by atoms with Gasteiger partial charge in [-0.3, -0.25) is 9.59 Å². The highest BCUT2D eigenvalue weighted by molar-refractivity contribution is 6.08. The molecule has 34 heavy (non-hydrogen) atoms. The third-order valence-electron chi connectivity index (χ3n) is 6.18. The molecule has 0 spiro atoms. The molecule has 0 radical (unpaired) electrons. The summed E-state index contributed by atoms with van der Waals surface area (Å²) in [7, 11) is 0. The zero-order chi connectivity index (χ0) is 24.7. The lowest BCUT2D eigenvalue weighted by Crippen LogP contribution is -2.15. The molecule has 3 heteroatoms. The van der Waals surface area contributed by atoms with Crippen molar-refractivity contribution in [2.75, 3.05) is 0 Å². The minimum Gasteiger partial charge on any atom is -0.380 e. The summed E-state index contributed by atoms with van der Waals surface area (Å²) in [6.07, 6.45) is -1.10. The number of benzene rings is 4. The van der Waals surface area contributed by atoms with Crippen LogP contribution < -0.4 is 0 Å². The van der Waals surface area contributed by atoms with E-state index in [1.165, 1.54) is 5.56 Å². The summed E-state index contributed by atoms with van der Waals surface area (Å²) in [6.45, 7) is 8.00. The van der Waals surface area contributed by atoms with E-state index < -0.39 is 6.10 Å². The van der Waals surface area contributed by atoms with Crippen molar-refractivity contribution in [3.8, 4) is 0 Å². The van der Waals surface area contributed by atoms with E-state index in [1.807, 2.05) is 106 Å². The summed E-state index contributed by atoms with van der Waals surface area (Å²) < 4.78 is 0. The Labute approximate surface area is 201 Å². The van der Waals surface area contributed by atoms with Crippen molar-refractivity contribution in [2.45, 2.75) is 33.8 Å². The van der Waals surface area contributed by atoms with Gasteiger partial charge in [0.05, 0.1) is 0 Å². The maximum atomic E-state index is 12.5.